The lowest BCUT2D eigenvalue weighted by molar-refractivity contribution is 0.0244. The molecule has 11 nitrogen and oxygen atoms in total. The molecule has 1 fully saturated rings. The molecule has 0 bridgehead atoms. The minimum atomic E-state index is -0.206. The number of nitrogens with one attached hydrogen (secondary N) is 3. The normalized spacial score (nSPS) is 14.1. The van der Waals surface area contributed by atoms with Gasteiger partial charge in [-0.2, -0.15) is 9.97 Å². The van der Waals surface area contributed by atoms with E-state index in [0.717, 1.165) is 40.5 Å². The molecule has 1 saturated heterocycles. The first kappa shape index (κ1) is 26.6. The average Bonchev–Trinajstić information content (AvgIpc) is 3.62. The van der Waals surface area contributed by atoms with Crippen molar-refractivity contribution in [3.63, 3.8) is 0 Å². The highest BCUT2D eigenvalue weighted by atomic mass is 16.5. The third-order valence-electron chi connectivity index (χ3n) is 7.09. The number of anilines is 2. The van der Waals surface area contributed by atoms with E-state index in [4.69, 9.17) is 28.6 Å². The predicted molar refractivity (Wildman–Crippen MR) is 155 cm³/mol. The standard InChI is InChI=1S/C30H32N6O5/c1-16(2)28-33-22-7-5-17(13-24(22)41-28)20-15-32-26-25(20)29(40-19-9-11-39-12-10-19)36-30(35-26)34-21-8-6-18(27(37)31-3)14-23(21)38-4/h5-8,13-16,19H,9-12H2,1-4H3,(H,31,37)(H2,32,34,35,36). The second kappa shape index (κ2) is 11.1. The monoisotopic (exact) mass is 556 g/mol. The summed E-state index contributed by atoms with van der Waals surface area (Å²) in [4.78, 5) is 29.6. The summed E-state index contributed by atoms with van der Waals surface area (Å²) in [5, 5.41) is 6.63. The summed E-state index contributed by atoms with van der Waals surface area (Å²) in [5.74, 6) is 1.96. The van der Waals surface area contributed by atoms with Crippen LogP contribution in [0.2, 0.25) is 0 Å². The van der Waals surface area contributed by atoms with Gasteiger partial charge in [-0.1, -0.05) is 19.9 Å². The van der Waals surface area contributed by atoms with Gasteiger partial charge in [-0.3, -0.25) is 4.79 Å². The summed E-state index contributed by atoms with van der Waals surface area (Å²) >= 11 is 0. The lowest BCUT2D eigenvalue weighted by Crippen LogP contribution is -2.26. The number of rotatable bonds is 8. The van der Waals surface area contributed by atoms with Crippen LogP contribution >= 0.6 is 0 Å². The van der Waals surface area contributed by atoms with E-state index >= 15 is 0 Å². The number of oxazole rings is 1. The fourth-order valence-electron chi connectivity index (χ4n) is 4.88. The summed E-state index contributed by atoms with van der Waals surface area (Å²) in [6.07, 6.45) is 3.40. The number of ether oxygens (including phenoxy) is 3. The van der Waals surface area contributed by atoms with Gasteiger partial charge in [0.05, 0.1) is 31.4 Å². The fourth-order valence-corrected chi connectivity index (χ4v) is 4.88. The van der Waals surface area contributed by atoms with Crippen molar-refractivity contribution < 1.29 is 23.4 Å². The molecule has 0 saturated carbocycles. The van der Waals surface area contributed by atoms with Gasteiger partial charge >= 0.3 is 0 Å². The van der Waals surface area contributed by atoms with Crippen LogP contribution in [0.4, 0.5) is 11.6 Å². The minimum Gasteiger partial charge on any atom is -0.495 e. The van der Waals surface area contributed by atoms with E-state index in [1.54, 1.807) is 32.4 Å². The Labute approximate surface area is 236 Å². The Morgan fingerprint density at radius 2 is 1.93 bits per heavy atom. The minimum absolute atomic E-state index is 0.0378. The Bertz CT molecular complexity index is 1720. The summed E-state index contributed by atoms with van der Waals surface area (Å²) in [5.41, 5.74) is 5.07. The number of hydrogen-bond acceptors (Lipinski definition) is 9. The number of nitrogens with zero attached hydrogens (tertiary/aromatic N) is 3. The SMILES string of the molecule is CNC(=O)c1ccc(Nc2nc(OC3CCOCC3)c3c(-c4ccc5nc(C(C)C)oc5c4)c[nH]c3n2)c(OC)c1. The van der Waals surface area contributed by atoms with E-state index in [9.17, 15) is 4.79 Å². The number of hydrogen-bond donors (Lipinski definition) is 3. The molecule has 41 heavy (non-hydrogen) atoms. The number of carbonyl (C=O) groups is 1. The van der Waals surface area contributed by atoms with Gasteiger partial charge in [0.25, 0.3) is 5.91 Å². The number of carbonyl (C=O) groups excluding carboxylic acids is 1. The van der Waals surface area contributed by atoms with Crippen LogP contribution in [0.1, 0.15) is 48.9 Å². The van der Waals surface area contributed by atoms with E-state index in [0.29, 0.717) is 53.6 Å². The molecule has 5 aromatic rings. The molecule has 1 aliphatic rings. The van der Waals surface area contributed by atoms with Crippen LogP contribution in [-0.4, -0.2) is 59.3 Å². The Balaban J connectivity index is 1.41. The topological polar surface area (TPSA) is 136 Å². The van der Waals surface area contributed by atoms with Crippen molar-refractivity contribution in [3.05, 3.63) is 54.0 Å². The average molecular weight is 557 g/mol. The molecule has 3 aromatic heterocycles. The molecule has 0 atom stereocenters. The Morgan fingerprint density at radius 1 is 1.10 bits per heavy atom. The maximum absolute atomic E-state index is 12.1. The van der Waals surface area contributed by atoms with Gasteiger partial charge in [0.2, 0.25) is 11.8 Å². The highest BCUT2D eigenvalue weighted by Gasteiger charge is 2.23. The zero-order valence-corrected chi connectivity index (χ0v) is 23.4. The first-order valence-electron chi connectivity index (χ1n) is 13.6. The first-order valence-corrected chi connectivity index (χ1v) is 13.6. The molecule has 6 rings (SSSR count). The Kier molecular flexibility index (Phi) is 7.19. The fraction of sp³-hybridized carbons (Fsp3) is 0.333. The second-order valence-corrected chi connectivity index (χ2v) is 10.2. The summed E-state index contributed by atoms with van der Waals surface area (Å²) in [6.45, 7) is 5.39. The quantitative estimate of drug-likeness (QED) is 0.224. The van der Waals surface area contributed by atoms with Crippen LogP contribution in [0.3, 0.4) is 0 Å². The van der Waals surface area contributed by atoms with Gasteiger partial charge in [-0.05, 0) is 35.9 Å². The zero-order valence-electron chi connectivity index (χ0n) is 23.4. The number of fused-ring (bicyclic) bond motifs is 2. The largest absolute Gasteiger partial charge is 0.495 e. The van der Waals surface area contributed by atoms with E-state index in [1.165, 1.54) is 0 Å². The van der Waals surface area contributed by atoms with Crippen LogP contribution in [0.25, 0.3) is 33.3 Å². The molecule has 0 radical (unpaired) electrons. The lowest BCUT2D eigenvalue weighted by atomic mass is 10.1. The molecular formula is C30H32N6O5. The van der Waals surface area contributed by atoms with Gasteiger partial charge in [0.1, 0.15) is 23.0 Å². The van der Waals surface area contributed by atoms with Crippen molar-refractivity contribution in [1.29, 1.82) is 0 Å². The van der Waals surface area contributed by atoms with E-state index in [-0.39, 0.29) is 17.9 Å². The Morgan fingerprint density at radius 3 is 2.68 bits per heavy atom. The number of H-pyrrole nitrogens is 1. The molecule has 0 aliphatic carbocycles. The molecule has 4 heterocycles. The van der Waals surface area contributed by atoms with Crippen molar-refractivity contribution in [1.82, 2.24) is 25.3 Å². The molecular weight excluding hydrogens is 524 g/mol. The molecule has 2 aromatic carbocycles. The molecule has 212 valence electrons. The lowest BCUT2D eigenvalue weighted by Gasteiger charge is -2.23. The molecule has 1 aliphatic heterocycles. The van der Waals surface area contributed by atoms with Crippen molar-refractivity contribution >= 4 is 39.7 Å². The van der Waals surface area contributed by atoms with Crippen molar-refractivity contribution in [2.45, 2.75) is 38.7 Å². The maximum atomic E-state index is 12.1. The summed E-state index contributed by atoms with van der Waals surface area (Å²) < 4.78 is 23.6. The molecule has 1 amide bonds. The predicted octanol–water partition coefficient (Wildman–Crippen LogP) is 5.56. The maximum Gasteiger partial charge on any atom is 0.251 e. The second-order valence-electron chi connectivity index (χ2n) is 10.2. The summed E-state index contributed by atoms with van der Waals surface area (Å²) in [6, 6.07) is 11.1. The van der Waals surface area contributed by atoms with Crippen LogP contribution in [0.15, 0.2) is 47.0 Å². The molecule has 3 N–H and O–H groups in total. The molecule has 11 heteroatoms. The zero-order chi connectivity index (χ0) is 28.5. The molecule has 0 spiro atoms. The highest BCUT2D eigenvalue weighted by molar-refractivity contribution is 5.99. The van der Waals surface area contributed by atoms with Crippen molar-refractivity contribution in [3.8, 4) is 22.8 Å². The van der Waals surface area contributed by atoms with Gasteiger partial charge in [-0.15, -0.1) is 0 Å². The smallest absolute Gasteiger partial charge is 0.251 e. The van der Waals surface area contributed by atoms with Gasteiger partial charge < -0.3 is 34.2 Å². The number of aromatic amines is 1. The molecule has 0 unspecified atom stereocenters. The van der Waals surface area contributed by atoms with E-state index in [2.05, 4.69) is 34.4 Å². The van der Waals surface area contributed by atoms with Crippen LogP contribution in [0.5, 0.6) is 11.6 Å². The van der Waals surface area contributed by atoms with Crippen LogP contribution in [0, 0.1) is 0 Å². The van der Waals surface area contributed by atoms with E-state index in [1.807, 2.05) is 24.4 Å². The number of amides is 1. The third kappa shape index (κ3) is 5.28. The van der Waals surface area contributed by atoms with Gasteiger partial charge in [0, 0.05) is 43.1 Å². The number of benzene rings is 2. The van der Waals surface area contributed by atoms with Crippen LogP contribution in [-0.2, 0) is 4.74 Å². The van der Waals surface area contributed by atoms with Gasteiger partial charge in [0.15, 0.2) is 11.5 Å². The number of aromatic nitrogens is 4. The third-order valence-corrected chi connectivity index (χ3v) is 7.09. The van der Waals surface area contributed by atoms with Crippen LogP contribution < -0.4 is 20.1 Å². The summed E-state index contributed by atoms with van der Waals surface area (Å²) in [7, 11) is 3.13. The van der Waals surface area contributed by atoms with E-state index < -0.39 is 0 Å². The van der Waals surface area contributed by atoms with Gasteiger partial charge in [-0.25, -0.2) is 4.98 Å². The highest BCUT2D eigenvalue weighted by Crippen LogP contribution is 2.38. The Hall–Kier alpha value is -4.64. The van der Waals surface area contributed by atoms with Crippen molar-refractivity contribution in [2.24, 2.45) is 0 Å². The first-order chi connectivity index (χ1) is 19.9. The number of methoxy groups -OCH3 is 1. The van der Waals surface area contributed by atoms with Crippen molar-refractivity contribution in [2.75, 3.05) is 32.7 Å².